The Morgan fingerprint density at radius 2 is 1.21 bits per heavy atom. The summed E-state index contributed by atoms with van der Waals surface area (Å²) in [5.41, 5.74) is -2.30. The lowest BCUT2D eigenvalue weighted by Gasteiger charge is -2.45. The third kappa shape index (κ3) is 7.85. The summed E-state index contributed by atoms with van der Waals surface area (Å²) >= 11 is 0. The molecule has 1 N–H and O–H groups in total. The molecule has 10 nitrogen and oxygen atoms in total. The van der Waals surface area contributed by atoms with Gasteiger partial charge < -0.3 is 33.5 Å². The number of hydrogen-bond donors (Lipinski definition) is 1. The highest BCUT2D eigenvalue weighted by molar-refractivity contribution is 5.77. The lowest BCUT2D eigenvalue weighted by Crippen LogP contribution is -2.59. The molecule has 0 aliphatic carbocycles. The molecule has 1 aliphatic rings. The van der Waals surface area contributed by atoms with Gasteiger partial charge in [-0.3, -0.25) is 14.4 Å². The number of ether oxygens (including phenoxy) is 6. The summed E-state index contributed by atoms with van der Waals surface area (Å²) in [5.74, 6) is -1.03. The first kappa shape index (κ1) is 32.4. The van der Waals surface area contributed by atoms with Gasteiger partial charge in [0.25, 0.3) is 0 Å². The molecule has 10 heteroatoms. The minimum Gasteiger partial charge on any atom is -0.496 e. The van der Waals surface area contributed by atoms with Gasteiger partial charge in [-0.1, -0.05) is 6.07 Å². The molecule has 0 saturated carbocycles. The van der Waals surface area contributed by atoms with Gasteiger partial charge in [0, 0.05) is 0 Å². The van der Waals surface area contributed by atoms with E-state index >= 15 is 0 Å². The summed E-state index contributed by atoms with van der Waals surface area (Å²) in [6, 6.07) is 5.05. The van der Waals surface area contributed by atoms with E-state index in [-0.39, 0.29) is 6.61 Å². The van der Waals surface area contributed by atoms with E-state index in [0.29, 0.717) is 17.1 Å². The van der Waals surface area contributed by atoms with Crippen LogP contribution in [0.4, 0.5) is 0 Å². The number of esters is 3. The highest BCUT2D eigenvalue weighted by Crippen LogP contribution is 2.44. The zero-order valence-electron chi connectivity index (χ0n) is 24.9. The van der Waals surface area contributed by atoms with Gasteiger partial charge in [-0.15, -0.1) is 0 Å². The third-order valence-electron chi connectivity index (χ3n) is 6.11. The fourth-order valence-corrected chi connectivity index (χ4v) is 3.71. The van der Waals surface area contributed by atoms with Crippen LogP contribution in [0.3, 0.4) is 0 Å². The van der Waals surface area contributed by atoms with Crippen LogP contribution in [-0.2, 0) is 33.3 Å². The van der Waals surface area contributed by atoms with Crippen LogP contribution in [0.15, 0.2) is 18.2 Å². The Hall–Kier alpha value is -2.85. The minimum absolute atomic E-state index is 0.331. The molecule has 1 saturated heterocycles. The second kappa shape index (κ2) is 12.1. The maximum atomic E-state index is 13.1. The molecule has 0 bridgehead atoms. The van der Waals surface area contributed by atoms with Crippen LogP contribution < -0.4 is 9.47 Å². The number of hydrogen-bond acceptors (Lipinski definition) is 10. The molecular formula is C29H44O10. The van der Waals surface area contributed by atoms with Crippen LogP contribution >= 0.6 is 0 Å². The van der Waals surface area contributed by atoms with E-state index in [2.05, 4.69) is 0 Å². The van der Waals surface area contributed by atoms with Crippen LogP contribution in [0.2, 0.25) is 0 Å². The summed E-state index contributed by atoms with van der Waals surface area (Å²) < 4.78 is 34.6. The maximum Gasteiger partial charge on any atom is 0.311 e. The van der Waals surface area contributed by atoms with Crippen molar-refractivity contribution in [3.05, 3.63) is 23.8 Å². The van der Waals surface area contributed by atoms with E-state index in [1.807, 2.05) is 0 Å². The van der Waals surface area contributed by atoms with Gasteiger partial charge in [0.15, 0.2) is 12.2 Å². The van der Waals surface area contributed by atoms with E-state index in [9.17, 15) is 19.5 Å². The molecule has 220 valence electrons. The summed E-state index contributed by atoms with van der Waals surface area (Å²) in [7, 11) is 2.92. The monoisotopic (exact) mass is 552 g/mol. The third-order valence-corrected chi connectivity index (χ3v) is 6.11. The number of rotatable bonds is 7. The predicted octanol–water partition coefficient (Wildman–Crippen LogP) is 4.01. The molecular weight excluding hydrogens is 508 g/mol. The SMILES string of the molecule is COc1cccc(OC)c1[C@H]1O[C@H](COC(=O)C(C)(C)C)[C@@H](OC(=O)C(C)(C)C)[C@H](OC(=O)C(C)(C)C)[C@H]1O. The minimum atomic E-state index is -1.51. The molecule has 1 aromatic carbocycles. The van der Waals surface area contributed by atoms with Crippen molar-refractivity contribution in [2.75, 3.05) is 20.8 Å². The smallest absolute Gasteiger partial charge is 0.311 e. The fourth-order valence-electron chi connectivity index (χ4n) is 3.71. The van der Waals surface area contributed by atoms with Crippen LogP contribution in [0.5, 0.6) is 11.5 Å². The molecule has 0 radical (unpaired) electrons. The first-order chi connectivity index (χ1) is 17.8. The van der Waals surface area contributed by atoms with E-state index in [1.54, 1.807) is 80.5 Å². The number of methoxy groups -OCH3 is 2. The highest BCUT2D eigenvalue weighted by Gasteiger charge is 2.53. The Bertz CT molecular complexity index is 1010. The second-order valence-electron chi connectivity index (χ2n) is 12.8. The molecule has 0 aromatic heterocycles. The van der Waals surface area contributed by atoms with Crippen LogP contribution in [0.1, 0.15) is 74.0 Å². The van der Waals surface area contributed by atoms with Gasteiger partial charge in [-0.05, 0) is 74.4 Å². The zero-order chi connectivity index (χ0) is 29.9. The normalized spacial score (nSPS) is 23.9. The summed E-state index contributed by atoms with van der Waals surface area (Å²) in [6.07, 6.45) is -6.42. The van der Waals surface area contributed by atoms with Gasteiger partial charge in [-0.25, -0.2) is 0 Å². The molecule has 5 atom stereocenters. The molecule has 39 heavy (non-hydrogen) atoms. The summed E-state index contributed by atoms with van der Waals surface area (Å²) in [5, 5.41) is 11.6. The van der Waals surface area contributed by atoms with Crippen molar-refractivity contribution < 1.29 is 47.9 Å². The number of aliphatic hydroxyl groups excluding tert-OH is 1. The van der Waals surface area contributed by atoms with Crippen molar-refractivity contribution >= 4 is 17.9 Å². The molecule has 2 rings (SSSR count). The average molecular weight is 553 g/mol. The number of carbonyl (C=O) groups is 3. The van der Waals surface area contributed by atoms with E-state index in [4.69, 9.17) is 28.4 Å². The van der Waals surface area contributed by atoms with Crippen molar-refractivity contribution in [3.8, 4) is 11.5 Å². The zero-order valence-corrected chi connectivity index (χ0v) is 24.9. The average Bonchev–Trinajstić information content (AvgIpc) is 2.82. The maximum absolute atomic E-state index is 13.1. The van der Waals surface area contributed by atoms with Crippen molar-refractivity contribution in [2.24, 2.45) is 16.2 Å². The van der Waals surface area contributed by atoms with Crippen molar-refractivity contribution in [3.63, 3.8) is 0 Å². The van der Waals surface area contributed by atoms with E-state index < -0.39 is 64.7 Å². The highest BCUT2D eigenvalue weighted by atomic mass is 16.6. The van der Waals surface area contributed by atoms with Gasteiger partial charge in [-0.2, -0.15) is 0 Å². The molecule has 0 unspecified atom stereocenters. The Kier molecular flexibility index (Phi) is 10.1. The Morgan fingerprint density at radius 1 is 0.769 bits per heavy atom. The van der Waals surface area contributed by atoms with Gasteiger partial charge >= 0.3 is 17.9 Å². The number of carbonyl (C=O) groups excluding carboxylic acids is 3. The number of benzene rings is 1. The summed E-state index contributed by atoms with van der Waals surface area (Å²) in [4.78, 5) is 38.7. The standard InChI is InChI=1S/C29H44O10/c1-27(2,3)24(31)36-15-18-21(38-25(32)28(4,5)6)23(39-26(33)29(7,8)9)20(30)22(37-18)19-16(34-10)13-12-14-17(19)35-11/h12-14,18,20-23,30H,15H2,1-11H3/t18-,20+,21-,22-,23-/m1/s1. The first-order valence-electron chi connectivity index (χ1n) is 13.0. The van der Waals surface area contributed by atoms with Crippen molar-refractivity contribution in [2.45, 2.75) is 92.8 Å². The Labute approximate surface area is 231 Å². The fraction of sp³-hybridized carbons (Fsp3) is 0.690. The van der Waals surface area contributed by atoms with Crippen LogP contribution in [-0.4, -0.2) is 68.3 Å². The van der Waals surface area contributed by atoms with Crippen molar-refractivity contribution in [1.29, 1.82) is 0 Å². The second-order valence-corrected chi connectivity index (χ2v) is 12.8. The molecule has 1 aromatic rings. The Balaban J connectivity index is 2.66. The van der Waals surface area contributed by atoms with Crippen molar-refractivity contribution in [1.82, 2.24) is 0 Å². The van der Waals surface area contributed by atoms with E-state index in [0.717, 1.165) is 0 Å². The quantitative estimate of drug-likeness (QED) is 0.392. The van der Waals surface area contributed by atoms with E-state index in [1.165, 1.54) is 14.2 Å². The molecule has 1 heterocycles. The molecule has 0 amide bonds. The summed E-state index contributed by atoms with van der Waals surface area (Å²) in [6.45, 7) is 14.8. The largest absolute Gasteiger partial charge is 0.496 e. The lowest BCUT2D eigenvalue weighted by molar-refractivity contribution is -0.255. The molecule has 0 spiro atoms. The first-order valence-corrected chi connectivity index (χ1v) is 13.0. The predicted molar refractivity (Wildman–Crippen MR) is 142 cm³/mol. The van der Waals surface area contributed by atoms with Gasteiger partial charge in [0.05, 0.1) is 36.0 Å². The molecule has 1 fully saturated rings. The van der Waals surface area contributed by atoms with Crippen LogP contribution in [0.25, 0.3) is 0 Å². The molecule has 1 aliphatic heterocycles. The van der Waals surface area contributed by atoms with Gasteiger partial charge in [0.2, 0.25) is 0 Å². The van der Waals surface area contributed by atoms with Crippen LogP contribution in [0, 0.1) is 16.2 Å². The number of aliphatic hydroxyl groups is 1. The topological polar surface area (TPSA) is 127 Å². The Morgan fingerprint density at radius 3 is 1.62 bits per heavy atom. The lowest BCUT2D eigenvalue weighted by atomic mass is 9.88. The van der Waals surface area contributed by atoms with Gasteiger partial charge in [0.1, 0.15) is 36.4 Å².